The first kappa shape index (κ1) is 10.9. The molecule has 0 fully saturated rings. The molecule has 0 radical (unpaired) electrons. The molecular weight excluding hydrogens is 252 g/mol. The molecule has 0 aliphatic carbocycles. The third kappa shape index (κ3) is 1.58. The molecule has 0 N–H and O–H groups in total. The zero-order chi connectivity index (χ0) is 13.4. The van der Waals surface area contributed by atoms with Crippen molar-refractivity contribution in [1.82, 2.24) is 29.5 Å². The third-order valence-corrected chi connectivity index (χ3v) is 3.07. The van der Waals surface area contributed by atoms with Crippen molar-refractivity contribution in [1.29, 1.82) is 0 Å². The van der Waals surface area contributed by atoms with Crippen molar-refractivity contribution < 1.29 is 0 Å². The lowest BCUT2D eigenvalue weighted by atomic mass is 10.3. The predicted octanol–water partition coefficient (Wildman–Crippen LogP) is 2.00. The molecule has 3 heterocycles. The Bertz CT molecular complexity index is 848. The maximum Gasteiger partial charge on any atom is 0.168 e. The van der Waals surface area contributed by atoms with Gasteiger partial charge in [0.1, 0.15) is 6.33 Å². The summed E-state index contributed by atoms with van der Waals surface area (Å²) in [5.41, 5.74) is 1.73. The van der Waals surface area contributed by atoms with Crippen molar-refractivity contribution in [3.8, 4) is 11.5 Å². The average Bonchev–Trinajstić information content (AvgIpc) is 3.17. The fraction of sp³-hybridized carbons (Fsp3) is 0. The number of fused-ring (bicyclic) bond motifs is 1. The minimum Gasteiger partial charge on any atom is -0.222 e. The summed E-state index contributed by atoms with van der Waals surface area (Å²) in [5, 5.41) is 9.48. The molecule has 0 bridgehead atoms. The van der Waals surface area contributed by atoms with E-state index in [1.807, 2.05) is 42.6 Å². The van der Waals surface area contributed by atoms with Gasteiger partial charge >= 0.3 is 0 Å². The van der Waals surface area contributed by atoms with Gasteiger partial charge in [-0.3, -0.25) is 0 Å². The number of rotatable bonds is 2. The summed E-state index contributed by atoms with van der Waals surface area (Å²) in [7, 11) is 0. The van der Waals surface area contributed by atoms with Crippen LogP contribution in [0.3, 0.4) is 0 Å². The van der Waals surface area contributed by atoms with Crippen molar-refractivity contribution in [2.24, 2.45) is 0 Å². The summed E-state index contributed by atoms with van der Waals surface area (Å²) in [6.45, 7) is 0. The van der Waals surface area contributed by atoms with E-state index >= 15 is 0 Å². The second-order valence-corrected chi connectivity index (χ2v) is 4.28. The Morgan fingerprint density at radius 2 is 1.80 bits per heavy atom. The smallest absolute Gasteiger partial charge is 0.168 e. The van der Waals surface area contributed by atoms with E-state index in [0.29, 0.717) is 0 Å². The fourth-order valence-electron chi connectivity index (χ4n) is 2.17. The van der Waals surface area contributed by atoms with Crippen LogP contribution in [0.4, 0.5) is 0 Å². The lowest BCUT2D eigenvalue weighted by Gasteiger charge is -2.03. The summed E-state index contributed by atoms with van der Waals surface area (Å²) < 4.78 is 3.50. The molecule has 0 unspecified atom stereocenters. The molecule has 6 nitrogen and oxygen atoms in total. The Morgan fingerprint density at radius 1 is 0.900 bits per heavy atom. The quantitative estimate of drug-likeness (QED) is 0.554. The number of hydrogen-bond donors (Lipinski definition) is 0. The van der Waals surface area contributed by atoms with E-state index in [0.717, 1.165) is 22.5 Å². The number of nitrogens with zero attached hydrogens (tertiary/aromatic N) is 6. The molecule has 0 amide bonds. The van der Waals surface area contributed by atoms with E-state index < -0.39 is 0 Å². The summed E-state index contributed by atoms with van der Waals surface area (Å²) in [5.74, 6) is 0.724. The van der Waals surface area contributed by atoms with Gasteiger partial charge in [-0.1, -0.05) is 18.2 Å². The van der Waals surface area contributed by atoms with Gasteiger partial charge in [0.2, 0.25) is 0 Å². The standard InChI is InChI=1S/C14H10N6/c1-2-5-11(6-3-1)20-14-12(9-18-20)13(15-10-16-14)19-8-4-7-17-19/h1-10H. The Hall–Kier alpha value is -3.02. The molecule has 0 saturated heterocycles. The van der Waals surface area contributed by atoms with Crippen molar-refractivity contribution in [2.75, 3.05) is 0 Å². The second kappa shape index (κ2) is 4.27. The van der Waals surface area contributed by atoms with Gasteiger partial charge in [0.15, 0.2) is 11.5 Å². The largest absolute Gasteiger partial charge is 0.222 e. The van der Waals surface area contributed by atoms with Crippen LogP contribution in [0.5, 0.6) is 0 Å². The first-order valence-corrected chi connectivity index (χ1v) is 6.18. The van der Waals surface area contributed by atoms with Crippen LogP contribution in [0.2, 0.25) is 0 Å². The van der Waals surface area contributed by atoms with Crippen LogP contribution < -0.4 is 0 Å². The molecule has 0 aliphatic heterocycles. The van der Waals surface area contributed by atoms with Gasteiger partial charge in [-0.05, 0) is 18.2 Å². The average molecular weight is 262 g/mol. The molecule has 6 heteroatoms. The predicted molar refractivity (Wildman–Crippen MR) is 73.8 cm³/mol. The lowest BCUT2D eigenvalue weighted by molar-refractivity contribution is 0.848. The van der Waals surface area contributed by atoms with Gasteiger partial charge in [-0.25, -0.2) is 19.3 Å². The number of para-hydroxylation sites is 1. The van der Waals surface area contributed by atoms with Crippen molar-refractivity contribution in [2.45, 2.75) is 0 Å². The lowest BCUT2D eigenvalue weighted by Crippen LogP contribution is -2.01. The van der Waals surface area contributed by atoms with E-state index in [9.17, 15) is 0 Å². The van der Waals surface area contributed by atoms with Gasteiger partial charge in [-0.15, -0.1) is 0 Å². The Balaban J connectivity index is 1.97. The van der Waals surface area contributed by atoms with Crippen LogP contribution in [-0.2, 0) is 0 Å². The minimum atomic E-state index is 0.724. The molecule has 3 aromatic heterocycles. The highest BCUT2D eigenvalue weighted by Gasteiger charge is 2.12. The minimum absolute atomic E-state index is 0.724. The molecular formula is C14H10N6. The fourth-order valence-corrected chi connectivity index (χ4v) is 2.17. The second-order valence-electron chi connectivity index (χ2n) is 4.28. The molecule has 20 heavy (non-hydrogen) atoms. The number of aromatic nitrogens is 6. The Labute approximate surface area is 114 Å². The summed E-state index contributed by atoms with van der Waals surface area (Å²) in [4.78, 5) is 8.63. The Morgan fingerprint density at radius 3 is 2.60 bits per heavy atom. The van der Waals surface area contributed by atoms with Crippen LogP contribution in [0, 0.1) is 0 Å². The molecule has 1 aromatic carbocycles. The van der Waals surface area contributed by atoms with Crippen molar-refractivity contribution in [3.63, 3.8) is 0 Å². The van der Waals surface area contributed by atoms with E-state index in [2.05, 4.69) is 20.2 Å². The summed E-state index contributed by atoms with van der Waals surface area (Å²) in [6.07, 6.45) is 6.86. The highest BCUT2D eigenvalue weighted by atomic mass is 15.3. The van der Waals surface area contributed by atoms with Crippen molar-refractivity contribution in [3.05, 3.63) is 61.3 Å². The summed E-state index contributed by atoms with van der Waals surface area (Å²) >= 11 is 0. The zero-order valence-corrected chi connectivity index (χ0v) is 10.5. The monoisotopic (exact) mass is 262 g/mol. The summed E-state index contributed by atoms with van der Waals surface area (Å²) in [6, 6.07) is 11.7. The SMILES string of the molecule is c1ccc(-n2ncc3c(-n4cccn4)ncnc32)cc1. The first-order chi connectivity index (χ1) is 9.93. The molecule has 4 aromatic rings. The van der Waals surface area contributed by atoms with E-state index in [4.69, 9.17) is 0 Å². The maximum atomic E-state index is 4.41. The van der Waals surface area contributed by atoms with Gasteiger partial charge in [0, 0.05) is 12.4 Å². The number of hydrogen-bond acceptors (Lipinski definition) is 4. The van der Waals surface area contributed by atoms with Crippen LogP contribution in [-0.4, -0.2) is 29.5 Å². The molecule has 0 saturated carbocycles. The topological polar surface area (TPSA) is 61.4 Å². The van der Waals surface area contributed by atoms with Crippen LogP contribution in [0.15, 0.2) is 61.3 Å². The third-order valence-electron chi connectivity index (χ3n) is 3.07. The van der Waals surface area contributed by atoms with Gasteiger partial charge < -0.3 is 0 Å². The Kier molecular flexibility index (Phi) is 2.32. The highest BCUT2D eigenvalue weighted by molar-refractivity contribution is 5.83. The van der Waals surface area contributed by atoms with E-state index in [-0.39, 0.29) is 0 Å². The van der Waals surface area contributed by atoms with E-state index in [1.54, 1.807) is 21.8 Å². The van der Waals surface area contributed by atoms with Gasteiger partial charge in [0.05, 0.1) is 17.3 Å². The van der Waals surface area contributed by atoms with Gasteiger partial charge in [0.25, 0.3) is 0 Å². The molecule has 0 spiro atoms. The first-order valence-electron chi connectivity index (χ1n) is 6.18. The zero-order valence-electron chi connectivity index (χ0n) is 10.5. The normalized spacial score (nSPS) is 11.0. The highest BCUT2D eigenvalue weighted by Crippen LogP contribution is 2.20. The molecule has 0 atom stereocenters. The number of benzene rings is 1. The molecule has 0 aliphatic rings. The molecule has 96 valence electrons. The van der Waals surface area contributed by atoms with Crippen LogP contribution in [0.25, 0.3) is 22.5 Å². The maximum absolute atomic E-state index is 4.41. The van der Waals surface area contributed by atoms with Crippen LogP contribution >= 0.6 is 0 Å². The molecule has 4 rings (SSSR count). The van der Waals surface area contributed by atoms with E-state index in [1.165, 1.54) is 6.33 Å². The van der Waals surface area contributed by atoms with Crippen LogP contribution in [0.1, 0.15) is 0 Å². The van der Waals surface area contributed by atoms with Gasteiger partial charge in [-0.2, -0.15) is 10.2 Å². The van der Waals surface area contributed by atoms with Crippen molar-refractivity contribution >= 4 is 11.0 Å².